The molecule has 1 aliphatic heterocycles. The first kappa shape index (κ1) is 23.1. The molecule has 4 rings (SSSR count). The van der Waals surface area contributed by atoms with Crippen molar-refractivity contribution in [1.82, 2.24) is 4.90 Å². The summed E-state index contributed by atoms with van der Waals surface area (Å²) in [6.45, 7) is 2.75. The highest BCUT2D eigenvalue weighted by molar-refractivity contribution is 6.46. The number of hydrogen-bond donors (Lipinski definition) is 1. The first-order valence-electron chi connectivity index (χ1n) is 11.2. The van der Waals surface area contributed by atoms with Crippen LogP contribution in [-0.2, 0) is 16.0 Å². The highest BCUT2D eigenvalue weighted by Crippen LogP contribution is 2.40. The minimum Gasteiger partial charge on any atom is -0.507 e. The van der Waals surface area contributed by atoms with Crippen molar-refractivity contribution in [2.24, 2.45) is 0 Å². The topological polar surface area (TPSA) is 76.1 Å². The molecule has 0 radical (unpaired) electrons. The maximum absolute atomic E-state index is 13.2. The minimum absolute atomic E-state index is 0.0763. The van der Waals surface area contributed by atoms with Crippen molar-refractivity contribution in [1.29, 1.82) is 0 Å². The number of aliphatic hydroxyl groups is 1. The molecule has 1 N–H and O–H groups in total. The van der Waals surface area contributed by atoms with Gasteiger partial charge in [0.25, 0.3) is 11.7 Å². The molecule has 3 aromatic rings. The smallest absolute Gasteiger partial charge is 0.295 e. The Morgan fingerprint density at radius 1 is 0.912 bits per heavy atom. The van der Waals surface area contributed by atoms with Crippen LogP contribution in [0.25, 0.3) is 5.76 Å². The largest absolute Gasteiger partial charge is 0.507 e. The van der Waals surface area contributed by atoms with Gasteiger partial charge in [-0.3, -0.25) is 9.59 Å². The Morgan fingerprint density at radius 3 is 2.18 bits per heavy atom. The normalized spacial score (nSPS) is 17.1. The Morgan fingerprint density at radius 2 is 1.56 bits per heavy atom. The quantitative estimate of drug-likeness (QED) is 0.300. The van der Waals surface area contributed by atoms with Crippen molar-refractivity contribution in [3.05, 3.63) is 101 Å². The molecule has 1 heterocycles. The van der Waals surface area contributed by atoms with Crippen LogP contribution in [0.3, 0.4) is 0 Å². The third kappa shape index (κ3) is 4.66. The van der Waals surface area contributed by atoms with Gasteiger partial charge in [0.05, 0.1) is 25.3 Å². The van der Waals surface area contributed by atoms with Crippen LogP contribution < -0.4 is 9.47 Å². The number of ketones is 1. The number of hydrogen-bond acceptors (Lipinski definition) is 5. The van der Waals surface area contributed by atoms with E-state index >= 15 is 0 Å². The van der Waals surface area contributed by atoms with Crippen LogP contribution in [0.2, 0.25) is 0 Å². The number of methoxy groups -OCH3 is 1. The molecular formula is C28H27NO5. The van der Waals surface area contributed by atoms with Crippen molar-refractivity contribution >= 4 is 17.4 Å². The van der Waals surface area contributed by atoms with Gasteiger partial charge in [-0.1, -0.05) is 42.5 Å². The van der Waals surface area contributed by atoms with Gasteiger partial charge < -0.3 is 19.5 Å². The molecule has 6 heteroatoms. The van der Waals surface area contributed by atoms with Crippen LogP contribution in [0.1, 0.15) is 29.7 Å². The van der Waals surface area contributed by atoms with Gasteiger partial charge in [-0.25, -0.2) is 0 Å². The second kappa shape index (κ2) is 10.3. The number of carbonyl (C=O) groups is 2. The first-order chi connectivity index (χ1) is 16.5. The van der Waals surface area contributed by atoms with Gasteiger partial charge in [-0.2, -0.15) is 0 Å². The molecule has 1 fully saturated rings. The maximum atomic E-state index is 13.2. The lowest BCUT2D eigenvalue weighted by Crippen LogP contribution is -2.31. The molecule has 0 saturated carbocycles. The number of rotatable bonds is 8. The van der Waals surface area contributed by atoms with Crippen molar-refractivity contribution in [3.63, 3.8) is 0 Å². The fourth-order valence-electron chi connectivity index (χ4n) is 4.17. The minimum atomic E-state index is -0.707. The van der Waals surface area contributed by atoms with Crippen LogP contribution in [0, 0.1) is 0 Å². The molecule has 174 valence electrons. The summed E-state index contributed by atoms with van der Waals surface area (Å²) in [5, 5.41) is 11.2. The van der Waals surface area contributed by atoms with Crippen LogP contribution >= 0.6 is 0 Å². The third-order valence-electron chi connectivity index (χ3n) is 5.89. The van der Waals surface area contributed by atoms with Gasteiger partial charge in [0.2, 0.25) is 0 Å². The van der Waals surface area contributed by atoms with Crippen LogP contribution in [0.15, 0.2) is 84.4 Å². The monoisotopic (exact) mass is 457 g/mol. The van der Waals surface area contributed by atoms with Gasteiger partial charge in [0.1, 0.15) is 17.3 Å². The highest BCUT2D eigenvalue weighted by Gasteiger charge is 2.45. The molecule has 0 aromatic heterocycles. The number of nitrogens with zero attached hydrogens (tertiary/aromatic N) is 1. The predicted molar refractivity (Wildman–Crippen MR) is 130 cm³/mol. The Hall–Kier alpha value is -4.06. The molecular weight excluding hydrogens is 430 g/mol. The third-order valence-corrected chi connectivity index (χ3v) is 5.89. The summed E-state index contributed by atoms with van der Waals surface area (Å²) in [5.41, 5.74) is 2.31. The van der Waals surface area contributed by atoms with Gasteiger partial charge in [-0.05, 0) is 60.9 Å². The molecule has 3 aromatic carbocycles. The van der Waals surface area contributed by atoms with Gasteiger partial charge >= 0.3 is 0 Å². The summed E-state index contributed by atoms with van der Waals surface area (Å²) in [6, 6.07) is 23.1. The molecule has 1 unspecified atom stereocenters. The number of likely N-dealkylation sites (tertiary alicyclic amines) is 1. The van der Waals surface area contributed by atoms with E-state index in [1.165, 1.54) is 4.90 Å². The summed E-state index contributed by atoms with van der Waals surface area (Å²) in [4.78, 5) is 27.8. The molecule has 0 aliphatic carbocycles. The Kier molecular flexibility index (Phi) is 6.97. The standard InChI is InChI=1S/C28H27NO5/c1-3-34-23-15-11-21(12-16-23)26(30)24-25(20-9-13-22(33-2)14-10-20)29(28(32)27(24)31)18-17-19-7-5-4-6-8-19/h4-16,25,30H,3,17-18H2,1-2H3/b26-24+. The lowest BCUT2D eigenvalue weighted by molar-refractivity contribution is -0.139. The molecule has 1 saturated heterocycles. The van der Waals surface area contributed by atoms with E-state index in [0.29, 0.717) is 36.6 Å². The average molecular weight is 458 g/mol. The molecule has 0 spiro atoms. The summed E-state index contributed by atoms with van der Waals surface area (Å²) in [5.74, 6) is -0.195. The van der Waals surface area contributed by atoms with Crippen LogP contribution in [-0.4, -0.2) is 42.0 Å². The second-order valence-electron chi connectivity index (χ2n) is 7.96. The first-order valence-corrected chi connectivity index (χ1v) is 11.2. The number of benzene rings is 3. The Bertz CT molecular complexity index is 1180. The van der Waals surface area contributed by atoms with E-state index in [0.717, 1.165) is 11.1 Å². The van der Waals surface area contributed by atoms with Gasteiger partial charge in [0, 0.05) is 12.1 Å². The van der Waals surface area contributed by atoms with Crippen molar-refractivity contribution < 1.29 is 24.2 Å². The van der Waals surface area contributed by atoms with E-state index in [2.05, 4.69) is 0 Å². The molecule has 0 bridgehead atoms. The molecule has 6 nitrogen and oxygen atoms in total. The number of Topliss-reactive ketones (excluding diaryl/α,β-unsaturated/α-hetero) is 1. The Balaban J connectivity index is 1.75. The summed E-state index contributed by atoms with van der Waals surface area (Å²) >= 11 is 0. The number of carbonyl (C=O) groups excluding carboxylic acids is 2. The zero-order valence-electron chi connectivity index (χ0n) is 19.2. The van der Waals surface area contributed by atoms with E-state index in [9.17, 15) is 14.7 Å². The lowest BCUT2D eigenvalue weighted by atomic mass is 9.95. The predicted octanol–water partition coefficient (Wildman–Crippen LogP) is 4.76. The van der Waals surface area contributed by atoms with Crippen molar-refractivity contribution in [3.8, 4) is 11.5 Å². The van der Waals surface area contributed by atoms with E-state index in [1.54, 1.807) is 43.5 Å². The Labute approximate surface area is 199 Å². The van der Waals surface area contributed by atoms with E-state index < -0.39 is 17.7 Å². The average Bonchev–Trinajstić information content (AvgIpc) is 3.13. The number of ether oxygens (including phenoxy) is 2. The van der Waals surface area contributed by atoms with Crippen molar-refractivity contribution in [2.75, 3.05) is 20.3 Å². The molecule has 1 atom stereocenters. The lowest BCUT2D eigenvalue weighted by Gasteiger charge is -2.25. The highest BCUT2D eigenvalue weighted by atomic mass is 16.5. The zero-order chi connectivity index (χ0) is 24.1. The second-order valence-corrected chi connectivity index (χ2v) is 7.96. The molecule has 1 amide bonds. The van der Waals surface area contributed by atoms with E-state index in [4.69, 9.17) is 9.47 Å². The molecule has 1 aliphatic rings. The van der Waals surface area contributed by atoms with Gasteiger partial charge in [-0.15, -0.1) is 0 Å². The fraction of sp³-hybridized carbons (Fsp3) is 0.214. The number of amides is 1. The fourth-order valence-corrected chi connectivity index (χ4v) is 4.17. The van der Waals surface area contributed by atoms with E-state index in [-0.39, 0.29) is 11.3 Å². The summed E-state index contributed by atoms with van der Waals surface area (Å²) in [7, 11) is 1.58. The van der Waals surface area contributed by atoms with E-state index in [1.807, 2.05) is 49.4 Å². The van der Waals surface area contributed by atoms with Crippen LogP contribution in [0.4, 0.5) is 0 Å². The maximum Gasteiger partial charge on any atom is 0.295 e. The molecule has 34 heavy (non-hydrogen) atoms. The summed E-state index contributed by atoms with van der Waals surface area (Å²) < 4.78 is 10.7. The van der Waals surface area contributed by atoms with Gasteiger partial charge in [0.15, 0.2) is 0 Å². The zero-order valence-corrected chi connectivity index (χ0v) is 19.2. The summed E-state index contributed by atoms with van der Waals surface area (Å²) in [6.07, 6.45) is 0.587. The number of aliphatic hydroxyl groups excluding tert-OH is 1. The SMILES string of the molecule is CCOc1ccc(/C(O)=C2\C(=O)C(=O)N(CCc3ccccc3)C2c2ccc(OC)cc2)cc1. The van der Waals surface area contributed by atoms with Crippen molar-refractivity contribution in [2.45, 2.75) is 19.4 Å². The van der Waals surface area contributed by atoms with Crippen LogP contribution in [0.5, 0.6) is 11.5 Å².